The molecule has 2 saturated heterocycles. The van der Waals surface area contributed by atoms with Crippen LogP contribution in [-0.2, 0) is 68.7 Å². The van der Waals surface area contributed by atoms with E-state index in [0.29, 0.717) is 121 Å². The lowest BCUT2D eigenvalue weighted by Gasteiger charge is -2.56. The number of ketones is 4. The lowest BCUT2D eigenvalue weighted by molar-refractivity contribution is -0.224. The third kappa shape index (κ3) is 17.9. The normalized spacial score (nSPS) is 28.0. The second-order valence-corrected chi connectivity index (χ2v) is 38.1. The Morgan fingerprint density at radius 1 is 0.547 bits per heavy atom. The second kappa shape index (κ2) is 35.6. The minimum absolute atomic E-state index is 0.00554. The summed E-state index contributed by atoms with van der Waals surface area (Å²) in [6, 6.07) is 0. The van der Waals surface area contributed by atoms with E-state index in [1.54, 1.807) is 25.2 Å². The molecule has 12 atom stereocenters. The van der Waals surface area contributed by atoms with Gasteiger partial charge in [-0.2, -0.15) is 0 Å². The predicted octanol–water partition coefficient (Wildman–Crippen LogP) is 15.8. The molecule has 0 aromatic heterocycles. The van der Waals surface area contributed by atoms with Gasteiger partial charge in [-0.1, -0.05) is 96.6 Å². The van der Waals surface area contributed by atoms with E-state index in [0.717, 1.165) is 70.3 Å². The number of rotatable bonds is 33. The quantitative estimate of drug-likeness (QED) is 0.0192. The van der Waals surface area contributed by atoms with Gasteiger partial charge in [0.05, 0.1) is 35.5 Å². The smallest absolute Gasteiger partial charge is 0.330 e. The highest BCUT2D eigenvalue weighted by molar-refractivity contribution is 7.46. The van der Waals surface area contributed by atoms with Crippen LogP contribution in [0, 0.1) is 23.7 Å². The number of carboxylic acid groups (broad SMARTS) is 1. The molecular weight excluding hydrogens is 1540 g/mol. The number of carboxylic acids is 1. The van der Waals surface area contributed by atoms with Crippen LogP contribution in [0.2, 0.25) is 0 Å². The molecule has 25 nitrogen and oxygen atoms in total. The molecule has 6 aliphatic heterocycles. The molecule has 12 aliphatic rings. The molecule has 2 aromatic rings. The highest BCUT2D eigenvalue weighted by atomic mass is 31.2. The lowest BCUT2D eigenvalue weighted by atomic mass is 9.51. The molecule has 14 rings (SSSR count). The molecule has 0 radical (unpaired) electrons. The summed E-state index contributed by atoms with van der Waals surface area (Å²) in [4.78, 5) is 106. The van der Waals surface area contributed by atoms with Crippen molar-refractivity contribution in [3.8, 4) is 34.5 Å². The summed E-state index contributed by atoms with van der Waals surface area (Å²) in [6.07, 6.45) is 33.3. The van der Waals surface area contributed by atoms with E-state index in [2.05, 4.69) is 58.7 Å². The van der Waals surface area contributed by atoms with Gasteiger partial charge in [-0.15, -0.1) is 0 Å². The number of aliphatic carboxylic acids is 1. The van der Waals surface area contributed by atoms with E-state index in [9.17, 15) is 63.0 Å². The Kier molecular flexibility index (Phi) is 27.9. The van der Waals surface area contributed by atoms with Crippen molar-refractivity contribution in [3.63, 3.8) is 0 Å². The molecule has 2 saturated carbocycles. The number of allylic oxidation sites excluding steroid dienone is 10. The first kappa shape index (κ1) is 91.7. The minimum atomic E-state index is -4.24. The fraction of sp³-hybridized carbons (Fsp3) is 0.578. The van der Waals surface area contributed by atoms with Crippen molar-refractivity contribution in [1.82, 2.24) is 5.32 Å². The molecular formula is C90H120N2O23P2-2. The molecule has 2 aromatic carbocycles. The minimum Gasteiger partial charge on any atom is -0.756 e. The second-order valence-electron chi connectivity index (χ2n) is 35.0. The van der Waals surface area contributed by atoms with E-state index in [4.69, 9.17) is 38.7 Å². The summed E-state index contributed by atoms with van der Waals surface area (Å²) < 4.78 is 81.2. The Morgan fingerprint density at radius 3 is 1.31 bits per heavy atom. The SMILES string of the molecule is CC(C)=CCC[C@]1(C)C=Cc2c(O)c3c(c(CC=C(C)C)c2O1)O[C@]12C(=C[C@@H]4C[C@H]1C(C)(C)O[C@@]2(C/C=C(/C)C(=O)O)C4=O)C3=O.COP(=O)([O-])OCCCCCCN.COP(=O)([O-])OCCCCCCNC(=O)/C(C)=C\C[C@@]12OC(C)(C)[C@@H]3C[C@@H](C=C4C(=O)c5c(O)c6c(c(CC=C(C)C)c5O[C@]431)O[C@](C)(CCC=C(C)C)C=C6)C2=O. The van der Waals surface area contributed by atoms with Gasteiger partial charge < -0.3 is 82.7 Å². The number of unbranched alkanes of at least 4 members (excludes halogenated alkanes) is 6. The molecule has 6 heterocycles. The fourth-order valence-electron chi connectivity index (χ4n) is 18.3. The van der Waals surface area contributed by atoms with Crippen molar-refractivity contribution in [2.75, 3.05) is 40.5 Å². The Morgan fingerprint density at radius 2 is 0.932 bits per heavy atom. The zero-order valence-electron chi connectivity index (χ0n) is 71.3. The molecule has 8 bridgehead atoms. The van der Waals surface area contributed by atoms with Crippen molar-refractivity contribution >= 4 is 62.8 Å². The first-order valence-corrected chi connectivity index (χ1v) is 43.9. The number of carbonyl (C=O) groups is 6. The molecule has 6 N–H and O–H groups in total. The van der Waals surface area contributed by atoms with Crippen molar-refractivity contribution in [1.29, 1.82) is 0 Å². The number of phosphoric acid groups is 2. The number of nitrogens with two attached hydrogens (primary N) is 1. The van der Waals surface area contributed by atoms with Crippen LogP contribution in [0.4, 0.5) is 0 Å². The fourth-order valence-corrected chi connectivity index (χ4v) is 19.2. The molecule has 27 heteroatoms. The number of ether oxygens (including phenoxy) is 6. The highest BCUT2D eigenvalue weighted by Gasteiger charge is 2.83. The maximum Gasteiger partial charge on any atom is 0.330 e. The third-order valence-electron chi connectivity index (χ3n) is 24.4. The van der Waals surface area contributed by atoms with E-state index in [1.807, 2.05) is 106 Å². The predicted molar refractivity (Wildman–Crippen MR) is 441 cm³/mol. The number of carbonyl (C=O) groups excluding carboxylic acids is 5. The average Bonchev–Trinajstić information content (AvgIpc) is 1.52. The molecule has 117 heavy (non-hydrogen) atoms. The first-order chi connectivity index (χ1) is 54.8. The number of phosphoric ester groups is 2. The largest absolute Gasteiger partial charge is 0.756 e. The van der Waals surface area contributed by atoms with Crippen LogP contribution in [0.1, 0.15) is 256 Å². The zero-order chi connectivity index (χ0) is 86.1. The van der Waals surface area contributed by atoms with Gasteiger partial charge in [-0.3, -0.25) is 33.1 Å². The number of amides is 1. The Bertz CT molecular complexity index is 4700. The molecule has 1 amide bonds. The van der Waals surface area contributed by atoms with E-state index in [1.165, 1.54) is 24.1 Å². The van der Waals surface area contributed by atoms with Gasteiger partial charge >= 0.3 is 5.97 Å². The van der Waals surface area contributed by atoms with Gasteiger partial charge in [0, 0.05) is 90.7 Å². The molecule has 6 aliphatic carbocycles. The topological polar surface area (TPSA) is 374 Å². The number of benzene rings is 2. The van der Waals surface area contributed by atoms with Gasteiger partial charge in [0.25, 0.3) is 15.6 Å². The van der Waals surface area contributed by atoms with Crippen molar-refractivity contribution in [2.24, 2.45) is 29.4 Å². The number of phenols is 2. The number of hydrogen-bond acceptors (Lipinski definition) is 23. The van der Waals surface area contributed by atoms with Crippen molar-refractivity contribution in [3.05, 3.63) is 139 Å². The number of fused-ring (bicyclic) bond motifs is 4. The standard InChI is InChI=1S/C45H60NO11P.C38H44O8.C7H18NO4P/c1-27(2)15-14-20-43(8)21-19-31-36(47)35-37(48)33-25-30-26-34-42(6,7)57-44(40(30)49,45(33,34)56-39(35)32(38(31)55-43)17-16-28(3)4)22-18-29(5)41(50)46-23-12-10-11-13-24-54-58(51,52)53-9;1-20(2)10-9-15-36(8)16-14-24-29(39)28-30(40)26-18-23-19-27-35(6,7)46-37(33(23)41,17-13-22(5)34(42)43)38(26,27)45-32(28)25(31(24)44-36)12-11-21(3)4;1-11-13(9,10)12-7-5-3-2-4-6-8/h15-16,18-19,21,25,30,34,47H,10-14,17,20,22-24,26H2,1-9H3,(H,46,50)(H,51,52);10-11,13-14,16,18,23,27,39H,9,12,15,17,19H2,1-8H3,(H,42,43);2-8H2,1H3,(H,9,10)/p-2/b29-18-;22-13-;/t30-,34+,43-,44+,45-;23-,27+,36-,37+,38-;/m11./s1. The number of phenolic OH excluding ortho intramolecular Hbond substituents is 2. The summed E-state index contributed by atoms with van der Waals surface area (Å²) in [5.74, 6) is -3.73. The lowest BCUT2D eigenvalue weighted by Crippen LogP contribution is -2.72. The monoisotopic (exact) mass is 1660 g/mol. The molecule has 640 valence electrons. The van der Waals surface area contributed by atoms with Gasteiger partial charge in [0.15, 0.2) is 45.5 Å². The summed E-state index contributed by atoms with van der Waals surface area (Å²) in [5.41, 5.74) is 3.66. The summed E-state index contributed by atoms with van der Waals surface area (Å²) in [7, 11) is -6.10. The van der Waals surface area contributed by atoms with Gasteiger partial charge in [0.2, 0.25) is 5.91 Å². The highest BCUT2D eigenvalue weighted by Crippen LogP contribution is 2.71. The summed E-state index contributed by atoms with van der Waals surface area (Å²) in [6.45, 7) is 32.3. The first-order valence-electron chi connectivity index (χ1n) is 40.9. The maximum atomic E-state index is 15.0. The number of hydrogen-bond donors (Lipinski definition) is 5. The van der Waals surface area contributed by atoms with E-state index < -0.39 is 95.7 Å². The van der Waals surface area contributed by atoms with E-state index in [-0.39, 0.29) is 89.1 Å². The Hall–Kier alpha value is -7.64. The summed E-state index contributed by atoms with van der Waals surface area (Å²) in [5, 5.41) is 36.3. The van der Waals surface area contributed by atoms with Crippen LogP contribution in [0.5, 0.6) is 34.5 Å². The molecule has 2 spiro atoms. The van der Waals surface area contributed by atoms with Crippen molar-refractivity contribution in [2.45, 2.75) is 271 Å². The van der Waals surface area contributed by atoms with Crippen LogP contribution < -0.4 is 39.8 Å². The van der Waals surface area contributed by atoms with E-state index >= 15 is 0 Å². The third-order valence-corrected chi connectivity index (χ3v) is 26.3. The molecule has 2 unspecified atom stereocenters. The van der Waals surface area contributed by atoms with Crippen LogP contribution in [0.3, 0.4) is 0 Å². The van der Waals surface area contributed by atoms with Crippen LogP contribution in [0.25, 0.3) is 12.2 Å². The Balaban J connectivity index is 0.000000218. The van der Waals surface area contributed by atoms with Crippen LogP contribution in [0.15, 0.2) is 105 Å². The van der Waals surface area contributed by atoms with Crippen LogP contribution in [-0.4, -0.2) is 136 Å². The van der Waals surface area contributed by atoms with Gasteiger partial charge in [-0.25, -0.2) is 4.79 Å². The van der Waals surface area contributed by atoms with Crippen molar-refractivity contribution < 1.29 is 110 Å². The number of Topliss-reactive ketones (excluding diaryl/α,β-unsaturated/α-hetero) is 4. The maximum absolute atomic E-state index is 15.0. The number of aromatic hydroxyl groups is 2. The van der Waals surface area contributed by atoms with Crippen LogP contribution >= 0.6 is 15.6 Å². The summed E-state index contributed by atoms with van der Waals surface area (Å²) >= 11 is 0. The van der Waals surface area contributed by atoms with Gasteiger partial charge in [0.1, 0.15) is 56.8 Å². The number of nitrogens with one attached hydrogen (secondary N) is 1. The zero-order valence-corrected chi connectivity index (χ0v) is 73.1. The Labute approximate surface area is 688 Å². The average molecular weight is 1660 g/mol. The molecule has 4 fully saturated rings. The van der Waals surface area contributed by atoms with Gasteiger partial charge in [-0.05, 0) is 219 Å².